The van der Waals surface area contributed by atoms with Crippen molar-refractivity contribution < 1.29 is 13.9 Å². The average Bonchev–Trinajstić information content (AvgIpc) is 2.66. The first-order valence-corrected chi connectivity index (χ1v) is 6.68. The Balaban J connectivity index is 2.67. The SMILES string of the molecule is CC(=O)Oc1c(C(C)(C)C)oc(C)c1-c1ccccc1. The highest BCUT2D eigenvalue weighted by Gasteiger charge is 2.30. The highest BCUT2D eigenvalue weighted by molar-refractivity contribution is 5.79. The zero-order valence-corrected chi connectivity index (χ0v) is 12.6. The van der Waals surface area contributed by atoms with Crippen LogP contribution < -0.4 is 4.74 Å². The van der Waals surface area contributed by atoms with Crippen LogP contribution in [0.5, 0.6) is 5.75 Å². The van der Waals surface area contributed by atoms with Gasteiger partial charge in [-0.05, 0) is 12.5 Å². The molecule has 106 valence electrons. The third-order valence-corrected chi connectivity index (χ3v) is 3.03. The summed E-state index contributed by atoms with van der Waals surface area (Å²) in [5.74, 6) is 1.66. The smallest absolute Gasteiger partial charge is 0.308 e. The molecular formula is C17H20O3. The fourth-order valence-corrected chi connectivity index (χ4v) is 2.20. The van der Waals surface area contributed by atoms with Crippen LogP contribution in [-0.2, 0) is 10.2 Å². The quantitative estimate of drug-likeness (QED) is 0.757. The highest BCUT2D eigenvalue weighted by Crippen LogP contribution is 2.43. The van der Waals surface area contributed by atoms with Gasteiger partial charge in [0.15, 0.2) is 11.5 Å². The molecule has 0 unspecified atom stereocenters. The zero-order chi connectivity index (χ0) is 14.9. The third-order valence-electron chi connectivity index (χ3n) is 3.03. The maximum Gasteiger partial charge on any atom is 0.308 e. The van der Waals surface area contributed by atoms with Gasteiger partial charge in [0.2, 0.25) is 0 Å². The van der Waals surface area contributed by atoms with Crippen LogP contribution in [0.15, 0.2) is 34.7 Å². The average molecular weight is 272 g/mol. The number of aryl methyl sites for hydroxylation is 1. The largest absolute Gasteiger partial charge is 0.461 e. The first-order valence-electron chi connectivity index (χ1n) is 6.68. The summed E-state index contributed by atoms with van der Waals surface area (Å²) >= 11 is 0. The predicted octanol–water partition coefficient (Wildman–Crippen LogP) is 4.48. The molecule has 0 fully saturated rings. The number of carbonyl (C=O) groups excluding carboxylic acids is 1. The molecule has 0 bridgehead atoms. The van der Waals surface area contributed by atoms with E-state index in [4.69, 9.17) is 9.15 Å². The summed E-state index contributed by atoms with van der Waals surface area (Å²) in [7, 11) is 0. The molecule has 1 aromatic heterocycles. The van der Waals surface area contributed by atoms with Gasteiger partial charge in [-0.25, -0.2) is 0 Å². The van der Waals surface area contributed by atoms with Crippen molar-refractivity contribution in [1.82, 2.24) is 0 Å². The summed E-state index contributed by atoms with van der Waals surface area (Å²) in [6.45, 7) is 9.40. The van der Waals surface area contributed by atoms with Gasteiger partial charge in [0.05, 0.1) is 5.56 Å². The lowest BCUT2D eigenvalue weighted by Gasteiger charge is -2.17. The molecule has 3 nitrogen and oxygen atoms in total. The van der Waals surface area contributed by atoms with Gasteiger partial charge in [0.25, 0.3) is 0 Å². The van der Waals surface area contributed by atoms with Crippen molar-refractivity contribution in [3.8, 4) is 16.9 Å². The number of rotatable bonds is 2. The summed E-state index contributed by atoms with van der Waals surface area (Å²) in [5, 5.41) is 0. The van der Waals surface area contributed by atoms with Crippen LogP contribution in [0.25, 0.3) is 11.1 Å². The van der Waals surface area contributed by atoms with Crippen molar-refractivity contribution in [1.29, 1.82) is 0 Å². The second-order valence-corrected chi connectivity index (χ2v) is 5.90. The molecule has 20 heavy (non-hydrogen) atoms. The molecular weight excluding hydrogens is 252 g/mol. The molecule has 0 aliphatic heterocycles. The lowest BCUT2D eigenvalue weighted by atomic mass is 9.91. The molecule has 0 N–H and O–H groups in total. The van der Waals surface area contributed by atoms with Crippen LogP contribution in [0.3, 0.4) is 0 Å². The number of hydrogen-bond acceptors (Lipinski definition) is 3. The topological polar surface area (TPSA) is 39.4 Å². The van der Waals surface area contributed by atoms with E-state index in [0.717, 1.165) is 16.9 Å². The van der Waals surface area contributed by atoms with Gasteiger partial charge in [0.1, 0.15) is 5.76 Å². The van der Waals surface area contributed by atoms with Crippen LogP contribution in [0, 0.1) is 6.92 Å². The van der Waals surface area contributed by atoms with Crippen LogP contribution in [0.2, 0.25) is 0 Å². The highest BCUT2D eigenvalue weighted by atomic mass is 16.5. The van der Waals surface area contributed by atoms with Crippen molar-refractivity contribution in [2.24, 2.45) is 0 Å². The van der Waals surface area contributed by atoms with Crippen LogP contribution in [0.1, 0.15) is 39.2 Å². The van der Waals surface area contributed by atoms with E-state index in [9.17, 15) is 4.79 Å². The third kappa shape index (κ3) is 2.77. The second-order valence-electron chi connectivity index (χ2n) is 5.90. The van der Waals surface area contributed by atoms with Gasteiger partial charge < -0.3 is 9.15 Å². The minimum absolute atomic E-state index is 0.234. The van der Waals surface area contributed by atoms with E-state index in [1.165, 1.54) is 6.92 Å². The van der Waals surface area contributed by atoms with E-state index >= 15 is 0 Å². The first kappa shape index (κ1) is 14.4. The van der Waals surface area contributed by atoms with Gasteiger partial charge in [-0.2, -0.15) is 0 Å². The Morgan fingerprint density at radius 2 is 1.75 bits per heavy atom. The molecule has 0 radical (unpaired) electrons. The maximum atomic E-state index is 11.4. The van der Waals surface area contributed by atoms with Crippen LogP contribution in [0.4, 0.5) is 0 Å². The molecule has 2 rings (SSSR count). The summed E-state index contributed by atoms with van der Waals surface area (Å²) < 4.78 is 11.3. The molecule has 1 aromatic carbocycles. The lowest BCUT2D eigenvalue weighted by molar-refractivity contribution is -0.132. The van der Waals surface area contributed by atoms with E-state index in [0.29, 0.717) is 11.5 Å². The van der Waals surface area contributed by atoms with Crippen molar-refractivity contribution in [3.05, 3.63) is 41.9 Å². The Morgan fingerprint density at radius 3 is 2.25 bits per heavy atom. The standard InChI is InChI=1S/C17H20O3/c1-11-14(13-9-7-6-8-10-13)15(20-12(2)18)16(19-11)17(3,4)5/h6-10H,1-5H3. The van der Waals surface area contributed by atoms with Gasteiger partial charge in [-0.1, -0.05) is 51.1 Å². The van der Waals surface area contributed by atoms with Crippen molar-refractivity contribution >= 4 is 5.97 Å². The van der Waals surface area contributed by atoms with Gasteiger partial charge >= 0.3 is 5.97 Å². The van der Waals surface area contributed by atoms with E-state index in [1.54, 1.807) is 0 Å². The number of ether oxygens (including phenoxy) is 1. The van der Waals surface area contributed by atoms with E-state index in [2.05, 4.69) is 0 Å². The van der Waals surface area contributed by atoms with Crippen LogP contribution in [-0.4, -0.2) is 5.97 Å². The number of hydrogen-bond donors (Lipinski definition) is 0. The molecule has 0 saturated heterocycles. The van der Waals surface area contributed by atoms with Crippen LogP contribution >= 0.6 is 0 Å². The molecule has 0 aliphatic carbocycles. The summed E-state index contributed by atoms with van der Waals surface area (Å²) in [6, 6.07) is 9.83. The monoisotopic (exact) mass is 272 g/mol. The van der Waals surface area contributed by atoms with E-state index < -0.39 is 0 Å². The molecule has 0 atom stereocenters. The Kier molecular flexibility index (Phi) is 3.71. The molecule has 1 heterocycles. The Bertz CT molecular complexity index is 616. The molecule has 0 aliphatic rings. The van der Waals surface area contributed by atoms with E-state index in [1.807, 2.05) is 58.0 Å². The number of esters is 1. The predicted molar refractivity (Wildman–Crippen MR) is 78.9 cm³/mol. The van der Waals surface area contributed by atoms with E-state index in [-0.39, 0.29) is 11.4 Å². The fourth-order valence-electron chi connectivity index (χ4n) is 2.20. The first-order chi connectivity index (χ1) is 9.30. The maximum absolute atomic E-state index is 11.4. The van der Waals surface area contributed by atoms with Gasteiger partial charge in [-0.3, -0.25) is 4.79 Å². The minimum Gasteiger partial charge on any atom is -0.461 e. The molecule has 0 saturated carbocycles. The Labute approximate surface area is 119 Å². The molecule has 0 spiro atoms. The number of benzene rings is 1. The Morgan fingerprint density at radius 1 is 1.15 bits per heavy atom. The van der Waals surface area contributed by atoms with Gasteiger partial charge in [-0.15, -0.1) is 0 Å². The van der Waals surface area contributed by atoms with Crippen molar-refractivity contribution in [3.63, 3.8) is 0 Å². The van der Waals surface area contributed by atoms with Crippen molar-refractivity contribution in [2.45, 2.75) is 40.0 Å². The summed E-state index contributed by atoms with van der Waals surface area (Å²) in [6.07, 6.45) is 0. The second kappa shape index (κ2) is 5.16. The molecule has 3 heteroatoms. The van der Waals surface area contributed by atoms with Crippen molar-refractivity contribution in [2.75, 3.05) is 0 Å². The summed E-state index contributed by atoms with van der Waals surface area (Å²) in [5.41, 5.74) is 1.61. The minimum atomic E-state index is -0.339. The zero-order valence-electron chi connectivity index (χ0n) is 12.6. The summed E-state index contributed by atoms with van der Waals surface area (Å²) in [4.78, 5) is 11.4. The molecule has 2 aromatic rings. The normalized spacial score (nSPS) is 11.4. The number of carbonyl (C=O) groups is 1. The molecule has 0 amide bonds. The lowest BCUT2D eigenvalue weighted by Crippen LogP contribution is -2.13. The number of furan rings is 1. The van der Waals surface area contributed by atoms with Gasteiger partial charge in [0, 0.05) is 12.3 Å². The fraction of sp³-hybridized carbons (Fsp3) is 0.353. The Hall–Kier alpha value is -2.03.